The maximum absolute atomic E-state index is 11.0. The van der Waals surface area contributed by atoms with E-state index in [2.05, 4.69) is 22.9 Å². The van der Waals surface area contributed by atoms with Crippen LogP contribution in [0.4, 0.5) is 0 Å². The predicted molar refractivity (Wildman–Crippen MR) is 69.3 cm³/mol. The lowest BCUT2D eigenvalue weighted by atomic mass is 10.0. The Balaban J connectivity index is 2.03. The summed E-state index contributed by atoms with van der Waals surface area (Å²) in [6.45, 7) is 2.14. The highest BCUT2D eigenvalue weighted by atomic mass is 32.1. The van der Waals surface area contributed by atoms with E-state index in [-0.39, 0.29) is 5.91 Å². The Hall–Kier alpha value is -0.840. The number of unbranched alkanes of at least 4 members (excludes halogenated alkanes) is 2. The average Bonchev–Trinajstić information content (AvgIpc) is 2.56. The molecule has 0 aromatic carbocycles. The molecular weight excluding hydrogens is 222 g/mol. The molecule has 0 aliphatic carbocycles. The van der Waals surface area contributed by atoms with E-state index in [0.717, 1.165) is 30.8 Å². The standard InChI is InChI=1S/C11H21N3OS/c1-8-9(14-11(16)13-8)6-4-3-5-7-10(15)12-2/h8-9H,3-7H2,1-2H3,(H,12,15)(H2,13,14,16)/t8-,9+/m0/s1. The number of hydrogen-bond donors (Lipinski definition) is 3. The van der Waals surface area contributed by atoms with Gasteiger partial charge in [0, 0.05) is 25.6 Å². The number of rotatable bonds is 6. The van der Waals surface area contributed by atoms with Crippen LogP contribution in [0, 0.1) is 0 Å². The Morgan fingerprint density at radius 1 is 1.38 bits per heavy atom. The molecule has 0 bridgehead atoms. The SMILES string of the molecule is CNC(=O)CCCCC[C@H]1NC(=S)N[C@H]1C. The zero-order valence-corrected chi connectivity index (χ0v) is 10.8. The Kier molecular flexibility index (Phi) is 5.52. The van der Waals surface area contributed by atoms with Crippen molar-refractivity contribution in [1.29, 1.82) is 0 Å². The second-order valence-electron chi connectivity index (χ2n) is 4.29. The molecule has 1 amide bonds. The van der Waals surface area contributed by atoms with E-state index < -0.39 is 0 Å². The third-order valence-corrected chi connectivity index (χ3v) is 3.21. The van der Waals surface area contributed by atoms with Gasteiger partial charge in [0.1, 0.15) is 0 Å². The van der Waals surface area contributed by atoms with Gasteiger partial charge in [0.15, 0.2) is 5.11 Å². The number of nitrogens with one attached hydrogen (secondary N) is 3. The van der Waals surface area contributed by atoms with Gasteiger partial charge in [0.25, 0.3) is 0 Å². The normalized spacial score (nSPS) is 23.8. The van der Waals surface area contributed by atoms with Crippen LogP contribution < -0.4 is 16.0 Å². The van der Waals surface area contributed by atoms with Crippen LogP contribution in [0.5, 0.6) is 0 Å². The van der Waals surface area contributed by atoms with Crippen molar-refractivity contribution >= 4 is 23.2 Å². The molecule has 0 saturated carbocycles. The highest BCUT2D eigenvalue weighted by Gasteiger charge is 2.24. The molecular formula is C11H21N3OS. The van der Waals surface area contributed by atoms with Crippen molar-refractivity contribution < 1.29 is 4.79 Å². The molecule has 1 fully saturated rings. The molecule has 16 heavy (non-hydrogen) atoms. The lowest BCUT2D eigenvalue weighted by Crippen LogP contribution is -2.30. The topological polar surface area (TPSA) is 53.2 Å². The van der Waals surface area contributed by atoms with E-state index in [1.165, 1.54) is 0 Å². The first-order valence-electron chi connectivity index (χ1n) is 5.91. The predicted octanol–water partition coefficient (Wildman–Crippen LogP) is 0.918. The minimum absolute atomic E-state index is 0.134. The summed E-state index contributed by atoms with van der Waals surface area (Å²) in [4.78, 5) is 11.0. The molecule has 92 valence electrons. The van der Waals surface area contributed by atoms with Gasteiger partial charge < -0.3 is 16.0 Å². The summed E-state index contributed by atoms with van der Waals surface area (Å²) in [7, 11) is 1.68. The van der Waals surface area contributed by atoms with E-state index in [1.807, 2.05) is 0 Å². The Labute approximate surface area is 103 Å². The fraction of sp³-hybridized carbons (Fsp3) is 0.818. The van der Waals surface area contributed by atoms with Gasteiger partial charge in [-0.2, -0.15) is 0 Å². The lowest BCUT2D eigenvalue weighted by molar-refractivity contribution is -0.120. The Morgan fingerprint density at radius 3 is 2.69 bits per heavy atom. The molecule has 1 aliphatic rings. The highest BCUT2D eigenvalue weighted by molar-refractivity contribution is 7.80. The van der Waals surface area contributed by atoms with Crippen LogP contribution >= 0.6 is 12.2 Å². The molecule has 0 unspecified atom stereocenters. The van der Waals surface area contributed by atoms with Crippen LogP contribution in [0.2, 0.25) is 0 Å². The van der Waals surface area contributed by atoms with Crippen molar-refractivity contribution in [3.05, 3.63) is 0 Å². The summed E-state index contributed by atoms with van der Waals surface area (Å²) in [5, 5.41) is 9.84. The third kappa shape index (κ3) is 4.35. The molecule has 0 radical (unpaired) electrons. The Bertz CT molecular complexity index is 258. The maximum Gasteiger partial charge on any atom is 0.219 e. The number of hydrogen-bond acceptors (Lipinski definition) is 2. The summed E-state index contributed by atoms with van der Waals surface area (Å²) >= 11 is 5.05. The molecule has 1 aliphatic heterocycles. The van der Waals surface area contributed by atoms with Crippen molar-refractivity contribution in [2.75, 3.05) is 7.05 Å². The van der Waals surface area contributed by atoms with Gasteiger partial charge in [-0.1, -0.05) is 12.8 Å². The molecule has 2 atom stereocenters. The molecule has 1 saturated heterocycles. The van der Waals surface area contributed by atoms with Crippen molar-refractivity contribution in [2.45, 2.75) is 51.1 Å². The van der Waals surface area contributed by atoms with Gasteiger partial charge in [-0.05, 0) is 32.0 Å². The van der Waals surface area contributed by atoms with E-state index in [9.17, 15) is 4.79 Å². The van der Waals surface area contributed by atoms with Gasteiger partial charge in [-0.15, -0.1) is 0 Å². The summed E-state index contributed by atoms with van der Waals surface area (Å²) in [5.74, 6) is 0.134. The number of carbonyl (C=O) groups is 1. The second kappa shape index (κ2) is 6.68. The van der Waals surface area contributed by atoms with Gasteiger partial charge in [-0.3, -0.25) is 4.79 Å². The van der Waals surface area contributed by atoms with Gasteiger partial charge in [-0.25, -0.2) is 0 Å². The number of carbonyl (C=O) groups excluding carboxylic acids is 1. The maximum atomic E-state index is 11.0. The molecule has 1 rings (SSSR count). The highest BCUT2D eigenvalue weighted by Crippen LogP contribution is 2.11. The minimum Gasteiger partial charge on any atom is -0.359 e. The van der Waals surface area contributed by atoms with E-state index in [1.54, 1.807) is 7.05 Å². The molecule has 0 aromatic heterocycles. The number of thiocarbonyl (C=S) groups is 1. The van der Waals surface area contributed by atoms with E-state index >= 15 is 0 Å². The minimum atomic E-state index is 0.134. The molecule has 0 aromatic rings. The zero-order chi connectivity index (χ0) is 12.0. The first-order valence-corrected chi connectivity index (χ1v) is 6.32. The van der Waals surface area contributed by atoms with Crippen LogP contribution in [0.15, 0.2) is 0 Å². The molecule has 5 heteroatoms. The van der Waals surface area contributed by atoms with Crippen molar-refractivity contribution in [3.63, 3.8) is 0 Å². The largest absolute Gasteiger partial charge is 0.359 e. The van der Waals surface area contributed by atoms with Crippen molar-refractivity contribution in [1.82, 2.24) is 16.0 Å². The molecule has 3 N–H and O–H groups in total. The molecule has 0 spiro atoms. The summed E-state index contributed by atoms with van der Waals surface area (Å²) < 4.78 is 0. The van der Waals surface area contributed by atoms with Crippen LogP contribution in [0.1, 0.15) is 39.0 Å². The molecule has 4 nitrogen and oxygen atoms in total. The summed E-state index contributed by atoms with van der Waals surface area (Å²) in [5.41, 5.74) is 0. The van der Waals surface area contributed by atoms with Gasteiger partial charge in [0.2, 0.25) is 5.91 Å². The number of amides is 1. The van der Waals surface area contributed by atoms with E-state index in [0.29, 0.717) is 18.5 Å². The average molecular weight is 243 g/mol. The Morgan fingerprint density at radius 2 is 2.12 bits per heavy atom. The van der Waals surface area contributed by atoms with Crippen LogP contribution in [0.25, 0.3) is 0 Å². The summed E-state index contributed by atoms with van der Waals surface area (Å²) in [6.07, 6.45) is 4.97. The van der Waals surface area contributed by atoms with Crippen molar-refractivity contribution in [3.8, 4) is 0 Å². The third-order valence-electron chi connectivity index (χ3n) is 2.98. The fourth-order valence-electron chi connectivity index (χ4n) is 1.92. The molecule has 1 heterocycles. The fourth-order valence-corrected chi connectivity index (χ4v) is 2.25. The van der Waals surface area contributed by atoms with Crippen LogP contribution in [0.3, 0.4) is 0 Å². The first-order chi connectivity index (χ1) is 7.63. The van der Waals surface area contributed by atoms with Gasteiger partial charge >= 0.3 is 0 Å². The monoisotopic (exact) mass is 243 g/mol. The first kappa shape index (κ1) is 13.2. The summed E-state index contributed by atoms with van der Waals surface area (Å²) in [6, 6.07) is 0.874. The smallest absolute Gasteiger partial charge is 0.219 e. The quantitative estimate of drug-likeness (QED) is 0.479. The lowest BCUT2D eigenvalue weighted by Gasteiger charge is -2.13. The van der Waals surface area contributed by atoms with Crippen LogP contribution in [-0.4, -0.2) is 30.2 Å². The van der Waals surface area contributed by atoms with E-state index in [4.69, 9.17) is 12.2 Å². The second-order valence-corrected chi connectivity index (χ2v) is 4.69. The van der Waals surface area contributed by atoms with Crippen LogP contribution in [-0.2, 0) is 4.79 Å². The van der Waals surface area contributed by atoms with Gasteiger partial charge in [0.05, 0.1) is 0 Å². The van der Waals surface area contributed by atoms with Crippen molar-refractivity contribution in [2.24, 2.45) is 0 Å². The zero-order valence-electron chi connectivity index (χ0n) is 10.0.